The van der Waals surface area contributed by atoms with Gasteiger partial charge in [-0.05, 0) is 18.6 Å². The number of hydrogen-bond donors (Lipinski definition) is 0. The summed E-state index contributed by atoms with van der Waals surface area (Å²) in [5.74, 6) is 0.529. The second-order valence-corrected chi connectivity index (χ2v) is 3.11. The van der Waals surface area contributed by atoms with Crippen LogP contribution in [0.5, 0.6) is 5.75 Å². The molecule has 0 saturated heterocycles. The molecule has 0 amide bonds. The molecule has 0 N–H and O–H groups in total. The average Bonchev–Trinajstić information content (AvgIpc) is 2.19. The van der Waals surface area contributed by atoms with Gasteiger partial charge in [0.2, 0.25) is 0 Å². The Bertz CT molecular complexity index is 368. The first-order chi connectivity index (χ1) is 6.77. The molecule has 0 heterocycles. The van der Waals surface area contributed by atoms with Gasteiger partial charge in [-0.2, -0.15) is 5.26 Å². The van der Waals surface area contributed by atoms with Crippen LogP contribution in [0.4, 0.5) is 0 Å². The molecule has 0 spiro atoms. The Morgan fingerprint density at radius 2 is 2.36 bits per heavy atom. The summed E-state index contributed by atoms with van der Waals surface area (Å²) in [5.41, 5.74) is 0.499. The van der Waals surface area contributed by atoms with E-state index in [1.165, 1.54) is 0 Å². The molecule has 1 aromatic carbocycles. The molecular weight excluding hydrogens is 198 g/mol. The van der Waals surface area contributed by atoms with E-state index in [1.807, 2.05) is 6.07 Å². The van der Waals surface area contributed by atoms with E-state index in [4.69, 9.17) is 21.6 Å². The van der Waals surface area contributed by atoms with E-state index in [-0.39, 0.29) is 0 Å². The monoisotopic (exact) mass is 207 g/mol. The summed E-state index contributed by atoms with van der Waals surface area (Å²) in [6, 6.07) is 6.99. The van der Waals surface area contributed by atoms with Crippen LogP contribution < -0.4 is 4.74 Å². The summed E-state index contributed by atoms with van der Waals surface area (Å²) in [5, 5.41) is 9.34. The lowest BCUT2D eigenvalue weighted by Crippen LogP contribution is -1.97. The van der Waals surface area contributed by atoms with Crippen molar-refractivity contribution < 1.29 is 4.74 Å². The molecule has 0 radical (unpaired) electrons. The minimum absolute atomic E-state index is 0.499. The van der Waals surface area contributed by atoms with Crippen molar-refractivity contribution in [3.8, 4) is 11.8 Å². The maximum Gasteiger partial charge on any atom is 0.138 e. The molecule has 1 rings (SSSR count). The van der Waals surface area contributed by atoms with Crippen molar-refractivity contribution in [1.29, 1.82) is 5.26 Å². The van der Waals surface area contributed by atoms with Crippen LogP contribution in [0, 0.1) is 11.3 Å². The number of ether oxygens (including phenoxy) is 1. The number of halogens is 1. The van der Waals surface area contributed by atoms with E-state index in [0.29, 0.717) is 22.9 Å². The maximum atomic E-state index is 8.77. The van der Waals surface area contributed by atoms with Crippen molar-refractivity contribution in [3.05, 3.63) is 41.4 Å². The van der Waals surface area contributed by atoms with E-state index in [1.54, 1.807) is 24.3 Å². The molecule has 14 heavy (non-hydrogen) atoms. The van der Waals surface area contributed by atoms with Gasteiger partial charge in [-0.1, -0.05) is 17.7 Å². The first kappa shape index (κ1) is 10.6. The van der Waals surface area contributed by atoms with Crippen LogP contribution in [0.1, 0.15) is 12.0 Å². The Labute approximate surface area is 88.4 Å². The largest absolute Gasteiger partial charge is 0.492 e. The van der Waals surface area contributed by atoms with Crippen molar-refractivity contribution in [2.45, 2.75) is 6.42 Å². The number of benzene rings is 1. The van der Waals surface area contributed by atoms with Gasteiger partial charge in [0.1, 0.15) is 11.8 Å². The zero-order valence-corrected chi connectivity index (χ0v) is 8.42. The van der Waals surface area contributed by atoms with Gasteiger partial charge in [-0.15, -0.1) is 6.58 Å². The molecule has 0 aliphatic rings. The minimum Gasteiger partial charge on any atom is -0.492 e. The van der Waals surface area contributed by atoms with Crippen LogP contribution in [-0.2, 0) is 0 Å². The normalized spacial score (nSPS) is 9.14. The highest BCUT2D eigenvalue weighted by Crippen LogP contribution is 2.22. The van der Waals surface area contributed by atoms with Crippen molar-refractivity contribution >= 4 is 11.6 Å². The molecule has 0 aliphatic heterocycles. The van der Waals surface area contributed by atoms with E-state index in [9.17, 15) is 0 Å². The predicted octanol–water partition coefficient (Wildman–Crippen LogP) is 3.17. The number of rotatable bonds is 4. The Balaban J connectivity index is 2.78. The lowest BCUT2D eigenvalue weighted by molar-refractivity contribution is 0.324. The van der Waals surface area contributed by atoms with Crippen molar-refractivity contribution in [2.75, 3.05) is 6.61 Å². The Hall–Kier alpha value is -1.46. The summed E-state index contributed by atoms with van der Waals surface area (Å²) >= 11 is 5.78. The fraction of sp³-hybridized carbons (Fsp3) is 0.182. The Morgan fingerprint density at radius 3 is 3.00 bits per heavy atom. The Morgan fingerprint density at radius 1 is 1.57 bits per heavy atom. The van der Waals surface area contributed by atoms with Crippen molar-refractivity contribution in [1.82, 2.24) is 0 Å². The van der Waals surface area contributed by atoms with Crippen LogP contribution in [-0.4, -0.2) is 6.61 Å². The first-order valence-corrected chi connectivity index (χ1v) is 4.59. The van der Waals surface area contributed by atoms with Gasteiger partial charge >= 0.3 is 0 Å². The van der Waals surface area contributed by atoms with Crippen LogP contribution >= 0.6 is 11.6 Å². The van der Waals surface area contributed by atoms with Crippen LogP contribution in [0.25, 0.3) is 0 Å². The topological polar surface area (TPSA) is 33.0 Å². The third kappa shape index (κ3) is 2.79. The molecule has 1 aromatic rings. The maximum absolute atomic E-state index is 8.77. The van der Waals surface area contributed by atoms with Gasteiger partial charge in [0.15, 0.2) is 0 Å². The molecule has 3 heteroatoms. The predicted molar refractivity (Wildman–Crippen MR) is 56.5 cm³/mol. The van der Waals surface area contributed by atoms with Gasteiger partial charge in [0, 0.05) is 11.1 Å². The van der Waals surface area contributed by atoms with Gasteiger partial charge in [-0.25, -0.2) is 0 Å². The highest BCUT2D eigenvalue weighted by atomic mass is 35.5. The summed E-state index contributed by atoms with van der Waals surface area (Å²) in [6.45, 7) is 4.09. The second-order valence-electron chi connectivity index (χ2n) is 2.68. The molecule has 2 nitrogen and oxygen atoms in total. The van der Waals surface area contributed by atoms with E-state index >= 15 is 0 Å². The van der Waals surface area contributed by atoms with E-state index < -0.39 is 0 Å². The van der Waals surface area contributed by atoms with E-state index in [0.717, 1.165) is 6.42 Å². The van der Waals surface area contributed by atoms with Gasteiger partial charge in [-0.3, -0.25) is 0 Å². The highest BCUT2D eigenvalue weighted by molar-refractivity contribution is 6.30. The van der Waals surface area contributed by atoms with Crippen molar-refractivity contribution in [2.24, 2.45) is 0 Å². The fourth-order valence-corrected chi connectivity index (χ4v) is 1.12. The third-order valence-corrected chi connectivity index (χ3v) is 1.88. The summed E-state index contributed by atoms with van der Waals surface area (Å²) < 4.78 is 5.37. The quantitative estimate of drug-likeness (QED) is 0.561. The van der Waals surface area contributed by atoms with Crippen molar-refractivity contribution in [3.63, 3.8) is 0 Å². The SMILES string of the molecule is C=CCCOc1cc(Cl)ccc1C#N. The van der Waals surface area contributed by atoms with Crippen LogP contribution in [0.3, 0.4) is 0 Å². The zero-order valence-electron chi connectivity index (χ0n) is 7.66. The molecular formula is C11H10ClNO. The van der Waals surface area contributed by atoms with Gasteiger partial charge in [0.05, 0.1) is 12.2 Å². The summed E-state index contributed by atoms with van der Waals surface area (Å²) in [7, 11) is 0. The lowest BCUT2D eigenvalue weighted by atomic mass is 10.2. The number of nitrogens with zero attached hydrogens (tertiary/aromatic N) is 1. The number of nitriles is 1. The number of hydrogen-bond acceptors (Lipinski definition) is 2. The lowest BCUT2D eigenvalue weighted by Gasteiger charge is -2.06. The molecule has 0 unspecified atom stereocenters. The molecule has 0 aromatic heterocycles. The zero-order chi connectivity index (χ0) is 10.4. The summed E-state index contributed by atoms with van der Waals surface area (Å²) in [4.78, 5) is 0. The third-order valence-electron chi connectivity index (χ3n) is 1.64. The Kier molecular flexibility index (Phi) is 4.03. The van der Waals surface area contributed by atoms with Gasteiger partial charge in [0.25, 0.3) is 0 Å². The summed E-state index contributed by atoms with van der Waals surface area (Å²) in [6.07, 6.45) is 2.51. The molecule has 72 valence electrons. The molecule has 0 fully saturated rings. The molecule has 0 saturated carbocycles. The van der Waals surface area contributed by atoms with Crippen LogP contribution in [0.15, 0.2) is 30.9 Å². The van der Waals surface area contributed by atoms with Crippen LogP contribution in [0.2, 0.25) is 5.02 Å². The minimum atomic E-state index is 0.499. The average molecular weight is 208 g/mol. The first-order valence-electron chi connectivity index (χ1n) is 4.21. The molecule has 0 atom stereocenters. The van der Waals surface area contributed by atoms with Gasteiger partial charge < -0.3 is 4.74 Å². The molecule has 0 aliphatic carbocycles. The fourth-order valence-electron chi connectivity index (χ4n) is 0.960. The standard InChI is InChI=1S/C11H10ClNO/c1-2-3-6-14-11-7-10(12)5-4-9(11)8-13/h2,4-5,7H,1,3,6H2. The highest BCUT2D eigenvalue weighted by Gasteiger charge is 2.02. The molecule has 0 bridgehead atoms. The second kappa shape index (κ2) is 5.31. The van der Waals surface area contributed by atoms with E-state index in [2.05, 4.69) is 6.58 Å². The smallest absolute Gasteiger partial charge is 0.138 e.